The third kappa shape index (κ3) is 7.77. The van der Waals surface area contributed by atoms with Crippen molar-refractivity contribution in [2.45, 2.75) is 50.3 Å². The number of hydrogen-bond acceptors (Lipinski definition) is 6. The molecule has 0 saturated heterocycles. The number of aryl methyl sites for hydroxylation is 1. The molecule has 0 fully saturated rings. The summed E-state index contributed by atoms with van der Waals surface area (Å²) in [5.41, 5.74) is 2.77. The fraction of sp³-hybridized carbons (Fsp3) is 0.308. The van der Waals surface area contributed by atoms with Gasteiger partial charge < -0.3 is 14.6 Å². The van der Waals surface area contributed by atoms with Crippen LogP contribution >= 0.6 is 0 Å². The van der Waals surface area contributed by atoms with Crippen molar-refractivity contribution in [2.75, 3.05) is 6.61 Å². The molecule has 0 radical (unpaired) electrons. The summed E-state index contributed by atoms with van der Waals surface area (Å²) in [6.07, 6.45) is -2.97. The summed E-state index contributed by atoms with van der Waals surface area (Å²) in [6.45, 7) is 3.81. The van der Waals surface area contributed by atoms with E-state index in [0.29, 0.717) is 0 Å². The maximum absolute atomic E-state index is 13.0. The Morgan fingerprint density at radius 3 is 1.91 bits per heavy atom. The van der Waals surface area contributed by atoms with Crippen molar-refractivity contribution < 1.29 is 27.2 Å². The number of aliphatic hydroxyl groups is 1. The average Bonchev–Trinajstić information content (AvgIpc) is 2.80. The molecule has 3 aromatic carbocycles. The van der Waals surface area contributed by atoms with Gasteiger partial charge in [0.15, 0.2) is 0 Å². The van der Waals surface area contributed by atoms with E-state index in [4.69, 9.17) is 13.7 Å². The second kappa shape index (κ2) is 12.1. The molecule has 0 aliphatic rings. The highest BCUT2D eigenvalue weighted by atomic mass is 32.2. The van der Waals surface area contributed by atoms with Crippen LogP contribution in [-0.2, 0) is 37.0 Å². The Bertz CT molecular complexity index is 1070. The summed E-state index contributed by atoms with van der Waals surface area (Å²) in [5.74, 6) is 0. The summed E-state index contributed by atoms with van der Waals surface area (Å²) < 4.78 is 43.2. The Hall–Kier alpha value is -2.55. The summed E-state index contributed by atoms with van der Waals surface area (Å²) in [7, 11) is -4.10. The molecule has 0 amide bonds. The van der Waals surface area contributed by atoms with Gasteiger partial charge in [0.25, 0.3) is 10.1 Å². The summed E-state index contributed by atoms with van der Waals surface area (Å²) in [4.78, 5) is 0.0357. The van der Waals surface area contributed by atoms with Gasteiger partial charge in [-0.15, -0.1) is 0 Å². The molecule has 0 heterocycles. The highest BCUT2D eigenvalue weighted by Gasteiger charge is 2.33. The molecule has 0 unspecified atom stereocenters. The Morgan fingerprint density at radius 1 is 0.818 bits per heavy atom. The SMILES string of the molecule is Cc1ccc(S(=O)(=O)O[C@H](COCc2ccccc2)[C@H](OCc2ccccc2)[C@@H](C)O)cc1. The van der Waals surface area contributed by atoms with E-state index in [1.807, 2.05) is 67.6 Å². The largest absolute Gasteiger partial charge is 0.391 e. The third-order valence-electron chi connectivity index (χ3n) is 5.08. The van der Waals surface area contributed by atoms with E-state index in [2.05, 4.69) is 0 Å². The van der Waals surface area contributed by atoms with Crippen molar-refractivity contribution >= 4 is 10.1 Å². The Morgan fingerprint density at radius 2 is 1.36 bits per heavy atom. The molecule has 0 bridgehead atoms. The van der Waals surface area contributed by atoms with Crippen LogP contribution in [0.5, 0.6) is 0 Å². The molecule has 7 heteroatoms. The predicted molar refractivity (Wildman–Crippen MR) is 126 cm³/mol. The molecular formula is C26H30O6S. The minimum atomic E-state index is -4.10. The number of rotatable bonds is 12. The van der Waals surface area contributed by atoms with E-state index in [0.717, 1.165) is 16.7 Å². The van der Waals surface area contributed by atoms with Gasteiger partial charge in [-0.2, -0.15) is 8.42 Å². The fourth-order valence-electron chi connectivity index (χ4n) is 3.29. The Balaban J connectivity index is 1.77. The highest BCUT2D eigenvalue weighted by molar-refractivity contribution is 7.86. The summed E-state index contributed by atoms with van der Waals surface area (Å²) in [5, 5.41) is 10.4. The molecule has 176 valence electrons. The maximum atomic E-state index is 13.0. The first-order chi connectivity index (χ1) is 15.8. The Labute approximate surface area is 195 Å². The molecule has 1 N–H and O–H groups in total. The Kier molecular flexibility index (Phi) is 9.17. The quantitative estimate of drug-likeness (QED) is 0.399. The number of aliphatic hydroxyl groups excluding tert-OH is 1. The number of hydrogen-bond donors (Lipinski definition) is 1. The van der Waals surface area contributed by atoms with Crippen molar-refractivity contribution in [1.29, 1.82) is 0 Å². The van der Waals surface area contributed by atoms with Gasteiger partial charge in [-0.1, -0.05) is 78.4 Å². The molecule has 0 aromatic heterocycles. The van der Waals surface area contributed by atoms with Gasteiger partial charge in [0.05, 0.1) is 30.8 Å². The van der Waals surface area contributed by atoms with Crippen LogP contribution < -0.4 is 0 Å². The van der Waals surface area contributed by atoms with Crippen molar-refractivity contribution in [3.05, 3.63) is 102 Å². The van der Waals surface area contributed by atoms with E-state index in [9.17, 15) is 13.5 Å². The van der Waals surface area contributed by atoms with Crippen LogP contribution in [0.15, 0.2) is 89.8 Å². The molecular weight excluding hydrogens is 440 g/mol. The zero-order valence-electron chi connectivity index (χ0n) is 18.8. The first-order valence-corrected chi connectivity index (χ1v) is 12.2. The molecule has 3 aromatic rings. The van der Waals surface area contributed by atoms with Gasteiger partial charge in [0.2, 0.25) is 0 Å². The molecule has 0 saturated carbocycles. The third-order valence-corrected chi connectivity index (χ3v) is 6.43. The minimum absolute atomic E-state index is 0.0357. The summed E-state index contributed by atoms with van der Waals surface area (Å²) >= 11 is 0. The lowest BCUT2D eigenvalue weighted by atomic mass is 10.1. The van der Waals surface area contributed by atoms with Crippen LogP contribution in [0.1, 0.15) is 23.6 Å². The van der Waals surface area contributed by atoms with E-state index in [-0.39, 0.29) is 24.7 Å². The van der Waals surface area contributed by atoms with Gasteiger partial charge in [-0.25, -0.2) is 0 Å². The van der Waals surface area contributed by atoms with Gasteiger partial charge in [-0.05, 0) is 37.1 Å². The van der Waals surface area contributed by atoms with Gasteiger partial charge >= 0.3 is 0 Å². The van der Waals surface area contributed by atoms with Crippen LogP contribution in [0.4, 0.5) is 0 Å². The van der Waals surface area contributed by atoms with Crippen molar-refractivity contribution in [3.63, 3.8) is 0 Å². The van der Waals surface area contributed by atoms with Crippen molar-refractivity contribution in [3.8, 4) is 0 Å². The van der Waals surface area contributed by atoms with E-state index in [1.165, 1.54) is 12.1 Å². The van der Waals surface area contributed by atoms with E-state index < -0.39 is 28.4 Å². The number of ether oxygens (including phenoxy) is 2. The highest BCUT2D eigenvalue weighted by Crippen LogP contribution is 2.21. The van der Waals surface area contributed by atoms with Crippen LogP contribution in [0, 0.1) is 6.92 Å². The van der Waals surface area contributed by atoms with E-state index in [1.54, 1.807) is 19.1 Å². The molecule has 0 aliphatic carbocycles. The first kappa shape index (κ1) is 25.1. The lowest BCUT2D eigenvalue weighted by Crippen LogP contribution is -2.43. The van der Waals surface area contributed by atoms with Crippen LogP contribution in [0.3, 0.4) is 0 Å². The monoisotopic (exact) mass is 470 g/mol. The second-order valence-corrected chi connectivity index (χ2v) is 9.48. The van der Waals surface area contributed by atoms with E-state index >= 15 is 0 Å². The van der Waals surface area contributed by atoms with Crippen LogP contribution in [0.2, 0.25) is 0 Å². The molecule has 3 atom stereocenters. The minimum Gasteiger partial charge on any atom is -0.391 e. The molecule has 6 nitrogen and oxygen atoms in total. The van der Waals surface area contributed by atoms with Crippen molar-refractivity contribution in [2.24, 2.45) is 0 Å². The second-order valence-electron chi connectivity index (χ2n) is 7.90. The standard InChI is InChI=1S/C26H30O6S/c1-20-13-15-24(16-14-20)33(28,29)32-25(19-30-17-22-9-5-3-6-10-22)26(21(2)27)31-18-23-11-7-4-8-12-23/h3-16,21,25-27H,17-19H2,1-2H3/t21-,25-,26-/m1/s1. The molecule has 0 aliphatic heterocycles. The fourth-order valence-corrected chi connectivity index (χ4v) is 4.36. The zero-order valence-corrected chi connectivity index (χ0v) is 19.6. The van der Waals surface area contributed by atoms with Gasteiger partial charge in [-0.3, -0.25) is 4.18 Å². The molecule has 33 heavy (non-hydrogen) atoms. The normalized spacial score (nSPS) is 14.5. The predicted octanol–water partition coefficient (Wildman–Crippen LogP) is 4.25. The first-order valence-electron chi connectivity index (χ1n) is 10.8. The summed E-state index contributed by atoms with van der Waals surface area (Å²) in [6, 6.07) is 25.4. The van der Waals surface area contributed by atoms with Gasteiger partial charge in [0.1, 0.15) is 12.2 Å². The topological polar surface area (TPSA) is 82.1 Å². The lowest BCUT2D eigenvalue weighted by Gasteiger charge is -2.29. The lowest BCUT2D eigenvalue weighted by molar-refractivity contribution is -0.112. The molecule has 0 spiro atoms. The van der Waals surface area contributed by atoms with Crippen LogP contribution in [-0.4, -0.2) is 38.4 Å². The van der Waals surface area contributed by atoms with Crippen molar-refractivity contribution in [1.82, 2.24) is 0 Å². The smallest absolute Gasteiger partial charge is 0.297 e. The van der Waals surface area contributed by atoms with Crippen LogP contribution in [0.25, 0.3) is 0 Å². The molecule has 3 rings (SSSR count). The van der Waals surface area contributed by atoms with Gasteiger partial charge in [0, 0.05) is 0 Å². The average molecular weight is 471 g/mol. The zero-order chi connectivity index (χ0) is 23.7. The number of benzene rings is 3. The maximum Gasteiger partial charge on any atom is 0.297 e.